The SMILES string of the molecule is CS(=O)CCCNS(=O)(=O)c1ccc(N)cc1[N+](=O)[O-]. The lowest BCUT2D eigenvalue weighted by Gasteiger charge is -2.07. The number of nitrogens with zero attached hydrogens (tertiary/aromatic N) is 1. The van der Waals surface area contributed by atoms with Gasteiger partial charge in [-0.3, -0.25) is 14.3 Å². The summed E-state index contributed by atoms with van der Waals surface area (Å²) in [4.78, 5) is 9.62. The summed E-state index contributed by atoms with van der Waals surface area (Å²) in [5, 5.41) is 10.9. The van der Waals surface area contributed by atoms with E-state index in [1.807, 2.05) is 0 Å². The highest BCUT2D eigenvalue weighted by Crippen LogP contribution is 2.25. The number of hydrogen-bond acceptors (Lipinski definition) is 6. The largest absolute Gasteiger partial charge is 0.399 e. The number of benzene rings is 1. The third-order valence-electron chi connectivity index (χ3n) is 2.37. The Labute approximate surface area is 119 Å². The van der Waals surface area contributed by atoms with Gasteiger partial charge in [0.15, 0.2) is 4.90 Å². The molecule has 0 fully saturated rings. The molecule has 0 spiro atoms. The fourth-order valence-corrected chi connectivity index (χ4v) is 3.24. The van der Waals surface area contributed by atoms with Gasteiger partial charge in [-0.25, -0.2) is 13.1 Å². The third kappa shape index (κ3) is 4.54. The van der Waals surface area contributed by atoms with Gasteiger partial charge in [0.25, 0.3) is 5.69 Å². The molecule has 10 heteroatoms. The maximum atomic E-state index is 12.0. The number of nitrogens with one attached hydrogen (secondary N) is 1. The van der Waals surface area contributed by atoms with Crippen molar-refractivity contribution < 1.29 is 17.6 Å². The highest BCUT2D eigenvalue weighted by atomic mass is 32.2. The van der Waals surface area contributed by atoms with Crippen LogP contribution in [0.25, 0.3) is 0 Å². The molecule has 0 heterocycles. The maximum Gasteiger partial charge on any atom is 0.291 e. The summed E-state index contributed by atoms with van der Waals surface area (Å²) in [5.41, 5.74) is 4.95. The molecule has 3 N–H and O–H groups in total. The molecule has 0 saturated carbocycles. The molecule has 0 aliphatic heterocycles. The van der Waals surface area contributed by atoms with Crippen LogP contribution in [-0.4, -0.2) is 36.1 Å². The van der Waals surface area contributed by atoms with E-state index < -0.39 is 36.3 Å². The number of nitrogen functional groups attached to an aromatic ring is 1. The quantitative estimate of drug-likeness (QED) is 0.319. The van der Waals surface area contributed by atoms with Gasteiger partial charge in [-0.05, 0) is 18.6 Å². The van der Waals surface area contributed by atoms with Crippen molar-refractivity contribution in [1.82, 2.24) is 4.72 Å². The first-order valence-electron chi connectivity index (χ1n) is 5.57. The first kappa shape index (κ1) is 16.5. The molecule has 0 saturated heterocycles. The first-order chi connectivity index (χ1) is 9.24. The lowest BCUT2D eigenvalue weighted by molar-refractivity contribution is -0.387. The Morgan fingerprint density at radius 2 is 2.10 bits per heavy atom. The van der Waals surface area contributed by atoms with Gasteiger partial charge in [-0.1, -0.05) is 0 Å². The molecule has 0 aliphatic rings. The normalized spacial score (nSPS) is 13.1. The number of rotatable bonds is 7. The van der Waals surface area contributed by atoms with E-state index in [-0.39, 0.29) is 12.2 Å². The first-order valence-corrected chi connectivity index (χ1v) is 8.78. The minimum Gasteiger partial charge on any atom is -0.399 e. The fraction of sp³-hybridized carbons (Fsp3) is 0.400. The van der Waals surface area contributed by atoms with Crippen LogP contribution in [0.1, 0.15) is 6.42 Å². The number of anilines is 1. The molecule has 8 nitrogen and oxygen atoms in total. The number of nitro benzene ring substituents is 1. The monoisotopic (exact) mass is 321 g/mol. The second kappa shape index (κ2) is 6.77. The summed E-state index contributed by atoms with van der Waals surface area (Å²) >= 11 is 0. The summed E-state index contributed by atoms with van der Waals surface area (Å²) in [6, 6.07) is 3.37. The van der Waals surface area contributed by atoms with Gasteiger partial charge in [0, 0.05) is 41.1 Å². The second-order valence-corrected chi connectivity index (χ2v) is 7.30. The minimum absolute atomic E-state index is 0.0590. The van der Waals surface area contributed by atoms with Crippen molar-refractivity contribution in [3.8, 4) is 0 Å². The molecule has 0 aromatic heterocycles. The molecule has 0 aliphatic carbocycles. The average Bonchev–Trinajstić information content (AvgIpc) is 2.34. The molecule has 1 rings (SSSR count). The van der Waals surface area contributed by atoms with E-state index in [1.54, 1.807) is 0 Å². The summed E-state index contributed by atoms with van der Waals surface area (Å²) in [6.07, 6.45) is 1.89. The van der Waals surface area contributed by atoms with E-state index in [0.717, 1.165) is 12.1 Å². The number of nitro groups is 1. The van der Waals surface area contributed by atoms with Crippen LogP contribution in [0.15, 0.2) is 23.1 Å². The van der Waals surface area contributed by atoms with Crippen LogP contribution in [0.2, 0.25) is 0 Å². The molecular weight excluding hydrogens is 306 g/mol. The Kier molecular flexibility index (Phi) is 5.60. The molecule has 0 radical (unpaired) electrons. The van der Waals surface area contributed by atoms with Gasteiger partial charge in [0.05, 0.1) is 4.92 Å². The molecule has 1 unspecified atom stereocenters. The molecule has 0 bridgehead atoms. The van der Waals surface area contributed by atoms with Gasteiger partial charge in [-0.2, -0.15) is 0 Å². The summed E-state index contributed by atoms with van der Waals surface area (Å²) in [7, 11) is -5.01. The minimum atomic E-state index is -4.00. The van der Waals surface area contributed by atoms with Crippen molar-refractivity contribution in [2.75, 3.05) is 24.3 Å². The van der Waals surface area contributed by atoms with E-state index in [4.69, 9.17) is 5.73 Å². The standard InChI is InChI=1S/C10H15N3O5S2/c1-19(16)6-2-5-12-20(17,18)10-4-3-8(11)7-9(10)13(14)15/h3-4,7,12H,2,5-6,11H2,1H3. The van der Waals surface area contributed by atoms with E-state index >= 15 is 0 Å². The van der Waals surface area contributed by atoms with Crippen LogP contribution in [0, 0.1) is 10.1 Å². The number of sulfonamides is 1. The van der Waals surface area contributed by atoms with Crippen LogP contribution in [0.3, 0.4) is 0 Å². The molecular formula is C10H15N3O5S2. The highest BCUT2D eigenvalue weighted by molar-refractivity contribution is 7.89. The number of hydrogen-bond donors (Lipinski definition) is 2. The van der Waals surface area contributed by atoms with Crippen molar-refractivity contribution in [1.29, 1.82) is 0 Å². The Morgan fingerprint density at radius 3 is 2.65 bits per heavy atom. The van der Waals surface area contributed by atoms with Crippen molar-refractivity contribution in [3.63, 3.8) is 0 Å². The fourth-order valence-electron chi connectivity index (χ4n) is 1.46. The van der Waals surface area contributed by atoms with E-state index in [2.05, 4.69) is 4.72 Å². The van der Waals surface area contributed by atoms with Gasteiger partial charge in [0.1, 0.15) is 0 Å². The number of nitrogens with two attached hydrogens (primary N) is 1. The molecule has 1 aromatic carbocycles. The third-order valence-corrected chi connectivity index (χ3v) is 4.74. The summed E-state index contributed by atoms with van der Waals surface area (Å²) in [5.74, 6) is 0.354. The van der Waals surface area contributed by atoms with Crippen LogP contribution in [0.5, 0.6) is 0 Å². The summed E-state index contributed by atoms with van der Waals surface area (Å²) < 4.78 is 37.1. The zero-order valence-corrected chi connectivity index (χ0v) is 12.4. The Bertz CT molecular complexity index is 630. The van der Waals surface area contributed by atoms with E-state index in [1.165, 1.54) is 12.3 Å². The Hall–Kier alpha value is -1.52. The zero-order chi connectivity index (χ0) is 15.3. The Balaban J connectivity index is 2.92. The second-order valence-electron chi connectivity index (χ2n) is 4.01. The lowest BCUT2D eigenvalue weighted by atomic mass is 10.3. The van der Waals surface area contributed by atoms with Gasteiger partial charge in [0.2, 0.25) is 10.0 Å². The van der Waals surface area contributed by atoms with E-state index in [0.29, 0.717) is 12.2 Å². The summed E-state index contributed by atoms with van der Waals surface area (Å²) in [6.45, 7) is 0.0590. The van der Waals surface area contributed by atoms with Crippen LogP contribution >= 0.6 is 0 Å². The van der Waals surface area contributed by atoms with Crippen molar-refractivity contribution in [3.05, 3.63) is 28.3 Å². The predicted molar refractivity (Wildman–Crippen MR) is 76.2 cm³/mol. The highest BCUT2D eigenvalue weighted by Gasteiger charge is 2.25. The van der Waals surface area contributed by atoms with Crippen LogP contribution in [0.4, 0.5) is 11.4 Å². The van der Waals surface area contributed by atoms with Crippen LogP contribution < -0.4 is 10.5 Å². The van der Waals surface area contributed by atoms with Gasteiger partial charge < -0.3 is 5.73 Å². The molecule has 112 valence electrons. The van der Waals surface area contributed by atoms with Gasteiger partial charge >= 0.3 is 0 Å². The smallest absolute Gasteiger partial charge is 0.291 e. The van der Waals surface area contributed by atoms with E-state index in [9.17, 15) is 22.7 Å². The van der Waals surface area contributed by atoms with Gasteiger partial charge in [-0.15, -0.1) is 0 Å². The van der Waals surface area contributed by atoms with Crippen molar-refractivity contribution in [2.24, 2.45) is 0 Å². The molecule has 20 heavy (non-hydrogen) atoms. The molecule has 0 amide bonds. The topological polar surface area (TPSA) is 132 Å². The molecule has 1 aromatic rings. The zero-order valence-electron chi connectivity index (χ0n) is 10.7. The van der Waals surface area contributed by atoms with Crippen molar-refractivity contribution >= 4 is 32.2 Å². The Morgan fingerprint density at radius 1 is 1.45 bits per heavy atom. The van der Waals surface area contributed by atoms with Crippen LogP contribution in [-0.2, 0) is 20.8 Å². The maximum absolute atomic E-state index is 12.0. The lowest BCUT2D eigenvalue weighted by Crippen LogP contribution is -2.26. The average molecular weight is 321 g/mol. The predicted octanol–water partition coefficient (Wildman–Crippen LogP) is 0.224. The molecule has 1 atom stereocenters. The van der Waals surface area contributed by atoms with Crippen molar-refractivity contribution in [2.45, 2.75) is 11.3 Å².